The molecule has 0 unspecified atom stereocenters. The van der Waals surface area contributed by atoms with Gasteiger partial charge in [-0.1, -0.05) is 60.1 Å². The Morgan fingerprint density at radius 2 is 1.75 bits per heavy atom. The van der Waals surface area contributed by atoms with Crippen LogP contribution in [-0.2, 0) is 16.5 Å². The van der Waals surface area contributed by atoms with Gasteiger partial charge in [-0.15, -0.1) is 0 Å². The van der Waals surface area contributed by atoms with Crippen LogP contribution in [0.1, 0.15) is 29.8 Å². The van der Waals surface area contributed by atoms with Crippen molar-refractivity contribution >= 4 is 67.1 Å². The molecule has 4 rings (SSSR count). The number of carbonyl (C=O) groups is 1. The Hall–Kier alpha value is -2.70. The monoisotopic (exact) mass is 609 g/mol. The number of hydrogen-bond acceptors (Lipinski definition) is 7. The SMILES string of the molecule is CCOc1cc(Cl)ccc1NC(=O)c1cc2ccccc2c(N=Nc2cc(Cl)cc(S(=O)(=O)O)c2CC)c1[O-].[Na+]. The number of hydrogen-bond donors (Lipinski definition) is 2. The van der Waals surface area contributed by atoms with Crippen LogP contribution < -0.4 is 44.7 Å². The van der Waals surface area contributed by atoms with Gasteiger partial charge in [-0.05, 0) is 49.1 Å². The molecule has 40 heavy (non-hydrogen) atoms. The second-order valence-electron chi connectivity index (χ2n) is 8.28. The minimum Gasteiger partial charge on any atom is -0.870 e. The third kappa shape index (κ3) is 6.95. The number of fused-ring (bicyclic) bond motifs is 1. The molecule has 0 radical (unpaired) electrons. The van der Waals surface area contributed by atoms with Gasteiger partial charge >= 0.3 is 29.6 Å². The summed E-state index contributed by atoms with van der Waals surface area (Å²) in [7, 11) is -4.59. The number of rotatable bonds is 8. The Morgan fingerprint density at radius 1 is 1.02 bits per heavy atom. The summed E-state index contributed by atoms with van der Waals surface area (Å²) >= 11 is 12.1. The van der Waals surface area contributed by atoms with E-state index in [1.165, 1.54) is 12.1 Å². The fourth-order valence-corrected chi connectivity index (χ4v) is 5.29. The van der Waals surface area contributed by atoms with E-state index in [1.54, 1.807) is 56.3 Å². The number of ether oxygens (including phenoxy) is 1. The number of azo groups is 1. The number of halogens is 2. The number of nitrogens with one attached hydrogen (secondary N) is 1. The molecule has 1 amide bonds. The van der Waals surface area contributed by atoms with Crippen molar-refractivity contribution in [3.05, 3.63) is 81.8 Å². The van der Waals surface area contributed by atoms with E-state index in [0.29, 0.717) is 33.8 Å². The van der Waals surface area contributed by atoms with Crippen LogP contribution in [0.25, 0.3) is 10.8 Å². The van der Waals surface area contributed by atoms with Crippen LogP contribution in [0.5, 0.6) is 11.5 Å². The van der Waals surface area contributed by atoms with Gasteiger partial charge in [-0.2, -0.15) is 18.6 Å². The van der Waals surface area contributed by atoms with E-state index in [2.05, 4.69) is 15.5 Å². The fraction of sp³-hybridized carbons (Fsp3) is 0.148. The molecule has 0 atom stereocenters. The molecular formula is C27H22Cl2N3NaO6S. The molecule has 9 nitrogen and oxygen atoms in total. The van der Waals surface area contributed by atoms with Crippen molar-refractivity contribution in [1.82, 2.24) is 0 Å². The molecule has 4 aromatic rings. The van der Waals surface area contributed by atoms with E-state index in [-0.39, 0.29) is 63.5 Å². The summed E-state index contributed by atoms with van der Waals surface area (Å²) in [6.07, 6.45) is 0.178. The summed E-state index contributed by atoms with van der Waals surface area (Å²) in [5.74, 6) is -1.05. The zero-order chi connectivity index (χ0) is 28.3. The second kappa shape index (κ2) is 13.3. The summed E-state index contributed by atoms with van der Waals surface area (Å²) in [6, 6.07) is 15.4. The quantitative estimate of drug-likeness (QED) is 0.175. The average Bonchev–Trinajstić information content (AvgIpc) is 2.88. The molecule has 2 N–H and O–H groups in total. The van der Waals surface area contributed by atoms with Gasteiger partial charge < -0.3 is 15.2 Å². The van der Waals surface area contributed by atoms with Crippen LogP contribution in [0.4, 0.5) is 17.1 Å². The molecule has 0 spiro atoms. The van der Waals surface area contributed by atoms with Gasteiger partial charge in [0.15, 0.2) is 0 Å². The van der Waals surface area contributed by atoms with Crippen LogP contribution in [0.15, 0.2) is 75.8 Å². The minimum atomic E-state index is -4.59. The Labute approximate surface area is 263 Å². The van der Waals surface area contributed by atoms with E-state index < -0.39 is 26.7 Å². The molecule has 0 aromatic heterocycles. The predicted octanol–water partition coefficient (Wildman–Crippen LogP) is 4.10. The molecule has 0 saturated carbocycles. The number of anilines is 1. The van der Waals surface area contributed by atoms with Crippen molar-refractivity contribution in [3.63, 3.8) is 0 Å². The fourth-order valence-electron chi connectivity index (χ4n) is 4.02. The maximum absolute atomic E-state index is 13.5. The molecular weight excluding hydrogens is 588 g/mol. The summed E-state index contributed by atoms with van der Waals surface area (Å²) in [5.41, 5.74) is 0.225. The van der Waals surface area contributed by atoms with Crippen molar-refractivity contribution in [2.45, 2.75) is 25.2 Å². The van der Waals surface area contributed by atoms with E-state index in [0.717, 1.165) is 6.07 Å². The van der Waals surface area contributed by atoms with Crippen molar-refractivity contribution in [2.75, 3.05) is 11.9 Å². The number of benzene rings is 4. The minimum absolute atomic E-state index is 0. The van der Waals surface area contributed by atoms with Gasteiger partial charge in [0.25, 0.3) is 16.0 Å². The third-order valence-electron chi connectivity index (χ3n) is 5.75. The van der Waals surface area contributed by atoms with Gasteiger partial charge in [0, 0.05) is 32.6 Å². The van der Waals surface area contributed by atoms with E-state index >= 15 is 0 Å². The Balaban J connectivity index is 0.00000441. The largest absolute Gasteiger partial charge is 1.00 e. The van der Waals surface area contributed by atoms with Gasteiger partial charge in [-0.25, -0.2) is 0 Å². The number of amides is 1. The van der Waals surface area contributed by atoms with Crippen LogP contribution in [0.3, 0.4) is 0 Å². The number of nitrogens with zero attached hydrogens (tertiary/aromatic N) is 2. The Kier molecular flexibility index (Phi) is 10.6. The summed E-state index contributed by atoms with van der Waals surface area (Å²) < 4.78 is 39.0. The van der Waals surface area contributed by atoms with Crippen molar-refractivity contribution in [1.29, 1.82) is 0 Å². The maximum atomic E-state index is 13.5. The first kappa shape index (κ1) is 31.8. The van der Waals surface area contributed by atoms with E-state index in [1.807, 2.05) is 0 Å². The smallest absolute Gasteiger partial charge is 0.870 e. The van der Waals surface area contributed by atoms with E-state index in [9.17, 15) is 22.9 Å². The van der Waals surface area contributed by atoms with E-state index in [4.69, 9.17) is 27.9 Å². The summed E-state index contributed by atoms with van der Waals surface area (Å²) in [5, 5.41) is 25.9. The van der Waals surface area contributed by atoms with Crippen LogP contribution in [-0.4, -0.2) is 25.5 Å². The van der Waals surface area contributed by atoms with Crippen molar-refractivity contribution in [3.8, 4) is 11.5 Å². The first-order valence-corrected chi connectivity index (χ1v) is 13.9. The molecule has 0 fully saturated rings. The molecule has 4 aromatic carbocycles. The number of carbonyl (C=O) groups excluding carboxylic acids is 1. The van der Waals surface area contributed by atoms with Gasteiger partial charge in [0.05, 0.1) is 23.7 Å². The molecule has 0 heterocycles. The molecule has 0 aliphatic carbocycles. The first-order chi connectivity index (χ1) is 18.5. The first-order valence-electron chi connectivity index (χ1n) is 11.7. The molecule has 0 aliphatic rings. The Bertz CT molecular complexity index is 1730. The standard InChI is InChI=1S/C27H23Cl2N3O6S.Na/c1-3-18-22(12-17(29)14-24(18)39(35,36)37)31-32-25-19-8-6-5-7-15(19)11-20(26(25)33)27(34)30-21-10-9-16(28)13-23(21)38-4-2;/h5-14,33H,3-4H2,1-2H3,(H,30,34)(H,35,36,37);/q;+1/p-1. The Morgan fingerprint density at radius 3 is 2.42 bits per heavy atom. The van der Waals surface area contributed by atoms with Crippen LogP contribution in [0, 0.1) is 0 Å². The maximum Gasteiger partial charge on any atom is 1.00 e. The second-order valence-corrected chi connectivity index (χ2v) is 10.5. The predicted molar refractivity (Wildman–Crippen MR) is 149 cm³/mol. The van der Waals surface area contributed by atoms with Gasteiger partial charge in [0.2, 0.25) is 0 Å². The topological polar surface area (TPSA) is 140 Å². The van der Waals surface area contributed by atoms with Gasteiger partial charge in [-0.3, -0.25) is 9.35 Å². The average molecular weight is 610 g/mol. The van der Waals surface area contributed by atoms with Gasteiger partial charge in [0.1, 0.15) is 10.6 Å². The van der Waals surface area contributed by atoms with Crippen molar-refractivity contribution < 1.29 is 57.2 Å². The summed E-state index contributed by atoms with van der Waals surface area (Å²) in [6.45, 7) is 3.79. The zero-order valence-corrected chi connectivity index (χ0v) is 26.1. The molecule has 0 saturated heterocycles. The van der Waals surface area contributed by atoms with Crippen molar-refractivity contribution in [2.24, 2.45) is 10.2 Å². The van der Waals surface area contributed by atoms with Crippen LogP contribution >= 0.6 is 23.2 Å². The normalized spacial score (nSPS) is 11.4. The molecule has 202 valence electrons. The van der Waals surface area contributed by atoms with Crippen LogP contribution in [0.2, 0.25) is 10.0 Å². The third-order valence-corrected chi connectivity index (χ3v) is 7.12. The molecule has 0 aliphatic heterocycles. The summed E-state index contributed by atoms with van der Waals surface area (Å²) in [4.78, 5) is 12.9. The molecule has 13 heteroatoms. The zero-order valence-electron chi connectivity index (χ0n) is 21.7. The molecule has 0 bridgehead atoms.